The van der Waals surface area contributed by atoms with Gasteiger partial charge in [0.2, 0.25) is 0 Å². The van der Waals surface area contributed by atoms with E-state index in [2.05, 4.69) is 27.3 Å². The molecule has 0 unspecified atom stereocenters. The normalized spacial score (nSPS) is 10.9. The van der Waals surface area contributed by atoms with Crippen LogP contribution in [-0.2, 0) is 18.7 Å². The van der Waals surface area contributed by atoms with Gasteiger partial charge in [0.15, 0.2) is 5.16 Å². The third-order valence-corrected chi connectivity index (χ3v) is 5.27. The van der Waals surface area contributed by atoms with Crippen LogP contribution >= 0.6 is 11.8 Å². The van der Waals surface area contributed by atoms with Crippen LogP contribution in [-0.4, -0.2) is 26.9 Å². The first kappa shape index (κ1) is 18.3. The van der Waals surface area contributed by atoms with Crippen LogP contribution in [0, 0.1) is 13.8 Å². The number of H-pyrrole nitrogens is 1. The van der Waals surface area contributed by atoms with Gasteiger partial charge in [0, 0.05) is 29.6 Å². The smallest absolute Gasteiger partial charge is 0.343 e. The minimum absolute atomic E-state index is 0.186. The van der Waals surface area contributed by atoms with E-state index in [0.29, 0.717) is 17.5 Å². The summed E-state index contributed by atoms with van der Waals surface area (Å²) in [7, 11) is 1.67. The quantitative estimate of drug-likeness (QED) is 0.647. The molecule has 26 heavy (non-hydrogen) atoms. The lowest BCUT2D eigenvalue weighted by Gasteiger charge is -2.12. The average Bonchev–Trinajstić information content (AvgIpc) is 3.00. The second-order valence-electron chi connectivity index (χ2n) is 6.03. The van der Waals surface area contributed by atoms with Gasteiger partial charge in [-0.05, 0) is 25.8 Å². The van der Waals surface area contributed by atoms with Gasteiger partial charge >= 0.3 is 5.69 Å². The highest BCUT2D eigenvalue weighted by atomic mass is 32.2. The number of nitrogens with one attached hydrogen (secondary N) is 1. The summed E-state index contributed by atoms with van der Waals surface area (Å²) in [4.78, 5) is 16.6. The van der Waals surface area contributed by atoms with Crippen LogP contribution in [0.3, 0.4) is 0 Å². The number of aromatic amines is 1. The van der Waals surface area contributed by atoms with Gasteiger partial charge in [0.05, 0.1) is 12.8 Å². The van der Waals surface area contributed by atoms with Crippen molar-refractivity contribution in [1.29, 1.82) is 0 Å². The number of methoxy groups -OCH3 is 1. The fourth-order valence-electron chi connectivity index (χ4n) is 2.85. The third kappa shape index (κ3) is 3.99. The molecule has 3 rings (SSSR count). The molecule has 2 heterocycles. The number of aromatic nitrogens is 4. The lowest BCUT2D eigenvalue weighted by molar-refractivity contribution is 0.407. The first-order valence-electron chi connectivity index (χ1n) is 8.41. The predicted octanol–water partition coefficient (Wildman–Crippen LogP) is 3.13. The van der Waals surface area contributed by atoms with Gasteiger partial charge in [0.25, 0.3) is 0 Å². The van der Waals surface area contributed by atoms with Gasteiger partial charge in [-0.1, -0.05) is 42.1 Å². The largest absolute Gasteiger partial charge is 0.496 e. The van der Waals surface area contributed by atoms with Crippen LogP contribution in [0.2, 0.25) is 0 Å². The molecule has 0 aliphatic rings. The molecule has 0 saturated heterocycles. The first-order chi connectivity index (χ1) is 12.6. The molecule has 0 saturated carbocycles. The summed E-state index contributed by atoms with van der Waals surface area (Å²) in [6, 6.07) is 10.1. The third-order valence-electron chi connectivity index (χ3n) is 4.28. The van der Waals surface area contributed by atoms with Crippen molar-refractivity contribution in [3.8, 4) is 5.75 Å². The van der Waals surface area contributed by atoms with E-state index in [0.717, 1.165) is 29.0 Å². The SMILES string of the molecule is COc1c(C)cnc(CSc2n[nH]c(=O)n2CCc2ccccc2)c1C. The Hall–Kier alpha value is -2.54. The average molecular weight is 370 g/mol. The molecule has 0 aliphatic heterocycles. The molecular weight excluding hydrogens is 348 g/mol. The zero-order valence-electron chi connectivity index (χ0n) is 15.2. The Morgan fingerprint density at radius 1 is 1.23 bits per heavy atom. The van der Waals surface area contributed by atoms with Crippen LogP contribution in [0.4, 0.5) is 0 Å². The van der Waals surface area contributed by atoms with Crippen LogP contribution in [0.5, 0.6) is 5.75 Å². The molecular formula is C19H22N4O2S. The number of pyridine rings is 1. The molecule has 0 fully saturated rings. The van der Waals surface area contributed by atoms with Gasteiger partial charge in [-0.2, -0.15) is 0 Å². The Morgan fingerprint density at radius 2 is 2.00 bits per heavy atom. The maximum atomic E-state index is 12.1. The predicted molar refractivity (Wildman–Crippen MR) is 103 cm³/mol. The summed E-state index contributed by atoms with van der Waals surface area (Å²) in [5.41, 5.74) is 3.97. The molecule has 1 N–H and O–H groups in total. The lowest BCUT2D eigenvalue weighted by Crippen LogP contribution is -2.18. The van der Waals surface area contributed by atoms with Gasteiger partial charge in [-0.15, -0.1) is 5.10 Å². The lowest BCUT2D eigenvalue weighted by atomic mass is 10.1. The molecule has 1 aromatic carbocycles. The van der Waals surface area contributed by atoms with Crippen molar-refractivity contribution < 1.29 is 4.74 Å². The number of hydrogen-bond donors (Lipinski definition) is 1. The Balaban J connectivity index is 1.72. The minimum atomic E-state index is -0.186. The van der Waals surface area contributed by atoms with E-state index >= 15 is 0 Å². The van der Waals surface area contributed by atoms with E-state index in [1.54, 1.807) is 11.7 Å². The molecule has 2 aromatic heterocycles. The van der Waals surface area contributed by atoms with Gasteiger partial charge in [0.1, 0.15) is 5.75 Å². The molecule has 6 nitrogen and oxygen atoms in total. The highest BCUT2D eigenvalue weighted by Crippen LogP contribution is 2.28. The van der Waals surface area contributed by atoms with E-state index in [9.17, 15) is 4.79 Å². The van der Waals surface area contributed by atoms with Crippen LogP contribution in [0.25, 0.3) is 0 Å². The van der Waals surface area contributed by atoms with E-state index in [1.807, 2.05) is 38.2 Å². The molecule has 0 radical (unpaired) electrons. The minimum Gasteiger partial charge on any atom is -0.496 e. The molecule has 136 valence electrons. The number of nitrogens with zero attached hydrogens (tertiary/aromatic N) is 3. The topological polar surface area (TPSA) is 72.8 Å². The van der Waals surface area contributed by atoms with Crippen molar-refractivity contribution in [1.82, 2.24) is 19.7 Å². The second kappa shape index (κ2) is 8.23. The van der Waals surface area contributed by atoms with Gasteiger partial charge in [-0.25, -0.2) is 9.89 Å². The zero-order valence-corrected chi connectivity index (χ0v) is 16.0. The molecule has 0 atom stereocenters. The summed E-state index contributed by atoms with van der Waals surface area (Å²) < 4.78 is 7.14. The monoisotopic (exact) mass is 370 g/mol. The molecule has 3 aromatic rings. The molecule has 0 amide bonds. The van der Waals surface area contributed by atoms with Crippen molar-refractivity contribution in [3.63, 3.8) is 0 Å². The fraction of sp³-hybridized carbons (Fsp3) is 0.316. The van der Waals surface area contributed by atoms with Crippen molar-refractivity contribution in [3.05, 3.63) is 69.4 Å². The summed E-state index contributed by atoms with van der Waals surface area (Å²) in [5, 5.41) is 7.38. The fourth-order valence-corrected chi connectivity index (χ4v) is 3.84. The summed E-state index contributed by atoms with van der Waals surface area (Å²) >= 11 is 1.50. The van der Waals surface area contributed by atoms with Crippen LogP contribution < -0.4 is 10.4 Å². The Morgan fingerprint density at radius 3 is 2.73 bits per heavy atom. The molecule has 0 aliphatic carbocycles. The number of hydrogen-bond acceptors (Lipinski definition) is 5. The second-order valence-corrected chi connectivity index (χ2v) is 6.98. The van der Waals surface area contributed by atoms with Crippen molar-refractivity contribution in [2.45, 2.75) is 37.7 Å². The van der Waals surface area contributed by atoms with Crippen molar-refractivity contribution in [2.75, 3.05) is 7.11 Å². The van der Waals surface area contributed by atoms with Gasteiger partial charge in [-0.3, -0.25) is 9.55 Å². The number of benzene rings is 1. The number of aryl methyl sites for hydroxylation is 2. The van der Waals surface area contributed by atoms with E-state index in [1.165, 1.54) is 17.3 Å². The maximum absolute atomic E-state index is 12.1. The number of thioether (sulfide) groups is 1. The number of rotatable bonds is 7. The standard InChI is InChI=1S/C19H22N4O2S/c1-13-11-20-16(14(2)17(13)25-3)12-26-19-22-21-18(24)23(19)10-9-15-7-5-4-6-8-15/h4-8,11H,9-10,12H2,1-3H3,(H,21,24). The highest BCUT2D eigenvalue weighted by molar-refractivity contribution is 7.98. The van der Waals surface area contributed by atoms with Gasteiger partial charge < -0.3 is 4.74 Å². The molecule has 0 spiro atoms. The molecule has 7 heteroatoms. The summed E-state index contributed by atoms with van der Waals surface area (Å²) in [6.07, 6.45) is 2.60. The van der Waals surface area contributed by atoms with E-state index < -0.39 is 0 Å². The Bertz CT molecular complexity index is 934. The zero-order chi connectivity index (χ0) is 18.5. The summed E-state index contributed by atoms with van der Waals surface area (Å²) in [5.74, 6) is 1.48. The van der Waals surface area contributed by atoms with E-state index in [-0.39, 0.29) is 5.69 Å². The van der Waals surface area contributed by atoms with Crippen molar-refractivity contribution >= 4 is 11.8 Å². The van der Waals surface area contributed by atoms with Crippen LogP contribution in [0.1, 0.15) is 22.4 Å². The summed E-state index contributed by atoms with van der Waals surface area (Å²) in [6.45, 7) is 4.57. The molecule has 0 bridgehead atoms. The van der Waals surface area contributed by atoms with Crippen molar-refractivity contribution in [2.24, 2.45) is 0 Å². The Kier molecular flexibility index (Phi) is 5.78. The van der Waals surface area contributed by atoms with E-state index in [4.69, 9.17) is 4.74 Å². The number of ether oxygens (including phenoxy) is 1. The highest BCUT2D eigenvalue weighted by Gasteiger charge is 2.13. The van der Waals surface area contributed by atoms with Crippen LogP contribution in [0.15, 0.2) is 46.5 Å². The first-order valence-corrected chi connectivity index (χ1v) is 9.39. The Labute approximate surface area is 156 Å². The maximum Gasteiger partial charge on any atom is 0.343 e.